The fourth-order valence-electron chi connectivity index (χ4n) is 2.15. The first-order valence-corrected chi connectivity index (χ1v) is 7.32. The Kier molecular flexibility index (Phi) is 5.60. The van der Waals surface area contributed by atoms with E-state index >= 15 is 0 Å². The number of rotatable bonds is 7. The highest BCUT2D eigenvalue weighted by Gasteiger charge is 2.34. The standard InChI is InChI=1S/C14H24OS/c1-4-5-6-7-8-9-10-14(3)12(2)11-13(15)16-14/h11H,4-10H2,1-3H3/t14-/m1/s1. The predicted molar refractivity (Wildman–Crippen MR) is 72.8 cm³/mol. The Morgan fingerprint density at radius 2 is 1.81 bits per heavy atom. The van der Waals surface area contributed by atoms with Gasteiger partial charge in [0, 0.05) is 4.75 Å². The Bertz CT molecular complexity index is 270. The molecule has 0 fully saturated rings. The van der Waals surface area contributed by atoms with Gasteiger partial charge in [0.1, 0.15) is 0 Å². The predicted octanol–water partition coefficient (Wildman–Crippen LogP) is 4.72. The number of unbranched alkanes of at least 4 members (excludes halogenated alkanes) is 5. The second kappa shape index (κ2) is 6.48. The average molecular weight is 240 g/mol. The Labute approximate surface area is 104 Å². The van der Waals surface area contributed by atoms with Gasteiger partial charge in [0.15, 0.2) is 0 Å². The molecule has 0 unspecified atom stereocenters. The third kappa shape index (κ3) is 3.97. The molecule has 1 atom stereocenters. The second-order valence-electron chi connectivity index (χ2n) is 5.00. The lowest BCUT2D eigenvalue weighted by molar-refractivity contribution is -0.106. The topological polar surface area (TPSA) is 17.1 Å². The number of thioether (sulfide) groups is 1. The molecule has 0 bridgehead atoms. The molecule has 1 nitrogen and oxygen atoms in total. The minimum absolute atomic E-state index is 0.0990. The van der Waals surface area contributed by atoms with Crippen LogP contribution < -0.4 is 0 Å². The van der Waals surface area contributed by atoms with Crippen LogP contribution in [0.3, 0.4) is 0 Å². The van der Waals surface area contributed by atoms with Crippen LogP contribution in [-0.4, -0.2) is 9.86 Å². The van der Waals surface area contributed by atoms with Crippen LogP contribution >= 0.6 is 11.8 Å². The zero-order chi connectivity index (χ0) is 12.0. The molecular formula is C14H24OS. The van der Waals surface area contributed by atoms with Crippen molar-refractivity contribution in [3.05, 3.63) is 11.6 Å². The molecule has 1 aliphatic heterocycles. The highest BCUT2D eigenvalue weighted by Crippen LogP contribution is 2.43. The highest BCUT2D eigenvalue weighted by molar-refractivity contribution is 8.15. The smallest absolute Gasteiger partial charge is 0.212 e. The number of hydrogen-bond donors (Lipinski definition) is 0. The van der Waals surface area contributed by atoms with E-state index in [4.69, 9.17) is 0 Å². The van der Waals surface area contributed by atoms with Gasteiger partial charge in [0.2, 0.25) is 5.12 Å². The van der Waals surface area contributed by atoms with Crippen molar-refractivity contribution in [3.8, 4) is 0 Å². The summed E-state index contributed by atoms with van der Waals surface area (Å²) in [5, 5.41) is 0.242. The first-order valence-electron chi connectivity index (χ1n) is 6.50. The van der Waals surface area contributed by atoms with Crippen molar-refractivity contribution in [3.63, 3.8) is 0 Å². The van der Waals surface area contributed by atoms with Gasteiger partial charge in [-0.3, -0.25) is 4.79 Å². The van der Waals surface area contributed by atoms with Crippen molar-refractivity contribution in [2.24, 2.45) is 0 Å². The van der Waals surface area contributed by atoms with Gasteiger partial charge in [-0.15, -0.1) is 0 Å². The monoisotopic (exact) mass is 240 g/mol. The maximum Gasteiger partial charge on any atom is 0.212 e. The number of carbonyl (C=O) groups excluding carboxylic acids is 1. The molecule has 16 heavy (non-hydrogen) atoms. The SMILES string of the molecule is CCCCCCCC[C@@]1(C)SC(=O)C=C1C. The Balaban J connectivity index is 2.18. The van der Waals surface area contributed by atoms with E-state index in [0.29, 0.717) is 0 Å². The summed E-state index contributed by atoms with van der Waals surface area (Å²) >= 11 is 1.51. The van der Waals surface area contributed by atoms with Gasteiger partial charge in [-0.05, 0) is 26.3 Å². The number of hydrogen-bond acceptors (Lipinski definition) is 2. The van der Waals surface area contributed by atoms with Crippen molar-refractivity contribution in [2.45, 2.75) is 70.5 Å². The summed E-state index contributed by atoms with van der Waals surface area (Å²) in [6.45, 7) is 6.55. The first kappa shape index (κ1) is 13.8. The maximum atomic E-state index is 11.3. The second-order valence-corrected chi connectivity index (χ2v) is 6.50. The van der Waals surface area contributed by atoms with E-state index in [-0.39, 0.29) is 9.86 Å². The van der Waals surface area contributed by atoms with Crippen molar-refractivity contribution in [1.82, 2.24) is 0 Å². The van der Waals surface area contributed by atoms with E-state index in [2.05, 4.69) is 20.8 Å². The molecule has 0 N–H and O–H groups in total. The summed E-state index contributed by atoms with van der Waals surface area (Å²) in [7, 11) is 0. The lowest BCUT2D eigenvalue weighted by Crippen LogP contribution is -2.18. The largest absolute Gasteiger partial charge is 0.282 e. The molecule has 1 aliphatic rings. The van der Waals surface area contributed by atoms with Crippen LogP contribution in [-0.2, 0) is 4.79 Å². The first-order chi connectivity index (χ1) is 7.58. The Hall–Kier alpha value is -0.240. The molecule has 0 aromatic rings. The molecule has 0 saturated heterocycles. The quantitative estimate of drug-likeness (QED) is 0.599. The van der Waals surface area contributed by atoms with E-state index < -0.39 is 0 Å². The molecule has 0 saturated carbocycles. The van der Waals surface area contributed by atoms with E-state index in [1.54, 1.807) is 0 Å². The molecule has 1 rings (SSSR count). The molecule has 0 aromatic heterocycles. The van der Waals surface area contributed by atoms with Gasteiger partial charge in [0.25, 0.3) is 0 Å². The van der Waals surface area contributed by atoms with Crippen LogP contribution in [0.2, 0.25) is 0 Å². The summed E-state index contributed by atoms with van der Waals surface area (Å²) in [5.41, 5.74) is 1.26. The normalized spacial score (nSPS) is 24.9. The molecule has 2 heteroatoms. The Morgan fingerprint density at radius 1 is 1.19 bits per heavy atom. The molecule has 0 aliphatic carbocycles. The van der Waals surface area contributed by atoms with Crippen LogP contribution in [0, 0.1) is 0 Å². The van der Waals surface area contributed by atoms with Crippen LogP contribution in [0.5, 0.6) is 0 Å². The zero-order valence-corrected chi connectivity index (χ0v) is 11.7. The van der Waals surface area contributed by atoms with Crippen LogP contribution in [0.4, 0.5) is 0 Å². The summed E-state index contributed by atoms with van der Waals surface area (Å²) < 4.78 is 0.0990. The van der Waals surface area contributed by atoms with Gasteiger partial charge in [-0.25, -0.2) is 0 Å². The van der Waals surface area contributed by atoms with Crippen molar-refractivity contribution >= 4 is 16.9 Å². The van der Waals surface area contributed by atoms with Gasteiger partial charge >= 0.3 is 0 Å². The summed E-state index contributed by atoms with van der Waals surface area (Å²) in [6.07, 6.45) is 10.9. The molecule has 0 aromatic carbocycles. The van der Waals surface area contributed by atoms with Crippen LogP contribution in [0.15, 0.2) is 11.6 Å². The third-order valence-corrected chi connectivity index (χ3v) is 4.80. The van der Waals surface area contributed by atoms with E-state index in [1.807, 2.05) is 6.08 Å². The van der Waals surface area contributed by atoms with Crippen molar-refractivity contribution < 1.29 is 4.79 Å². The van der Waals surface area contributed by atoms with Gasteiger partial charge in [-0.2, -0.15) is 0 Å². The van der Waals surface area contributed by atoms with Crippen LogP contribution in [0.1, 0.15) is 65.7 Å². The van der Waals surface area contributed by atoms with Gasteiger partial charge in [0.05, 0.1) is 0 Å². The molecule has 92 valence electrons. The summed E-state index contributed by atoms with van der Waals surface area (Å²) in [4.78, 5) is 11.3. The fraction of sp³-hybridized carbons (Fsp3) is 0.786. The molecule has 0 amide bonds. The fourth-order valence-corrected chi connectivity index (χ4v) is 3.30. The third-order valence-electron chi connectivity index (χ3n) is 3.50. The minimum atomic E-state index is 0.0990. The number of carbonyl (C=O) groups is 1. The van der Waals surface area contributed by atoms with Gasteiger partial charge in [-0.1, -0.05) is 62.8 Å². The Morgan fingerprint density at radius 3 is 2.38 bits per heavy atom. The summed E-state index contributed by atoms with van der Waals surface area (Å²) in [5.74, 6) is 0. The average Bonchev–Trinajstić information content (AvgIpc) is 2.47. The molecule has 0 radical (unpaired) electrons. The molecule has 1 heterocycles. The van der Waals surface area contributed by atoms with Crippen molar-refractivity contribution in [1.29, 1.82) is 0 Å². The minimum Gasteiger partial charge on any atom is -0.282 e. The van der Waals surface area contributed by atoms with Crippen molar-refractivity contribution in [2.75, 3.05) is 0 Å². The van der Waals surface area contributed by atoms with Crippen LogP contribution in [0.25, 0.3) is 0 Å². The van der Waals surface area contributed by atoms with E-state index in [9.17, 15) is 4.79 Å². The van der Waals surface area contributed by atoms with E-state index in [0.717, 1.165) is 6.42 Å². The summed E-state index contributed by atoms with van der Waals surface area (Å²) in [6, 6.07) is 0. The lowest BCUT2D eigenvalue weighted by Gasteiger charge is -2.24. The maximum absolute atomic E-state index is 11.3. The zero-order valence-electron chi connectivity index (χ0n) is 10.8. The molecule has 0 spiro atoms. The van der Waals surface area contributed by atoms with Gasteiger partial charge < -0.3 is 0 Å². The highest BCUT2D eigenvalue weighted by atomic mass is 32.2. The molecular weight excluding hydrogens is 216 g/mol. The lowest BCUT2D eigenvalue weighted by atomic mass is 9.94. The van der Waals surface area contributed by atoms with E-state index in [1.165, 1.54) is 55.9 Å².